The van der Waals surface area contributed by atoms with Gasteiger partial charge in [-0.1, -0.05) is 0 Å². The molecule has 0 radical (unpaired) electrons. The Hall–Kier alpha value is -1.12. The molecule has 98 valence electrons. The standard InChI is InChI=1S/C13H16F2N2S/c1-9(2)17-13(3,7-16)8-18-10-4-5-11(14)12(15)6-10/h4-6,9,17H,8H2,1-3H3. The Morgan fingerprint density at radius 3 is 2.56 bits per heavy atom. The molecule has 1 rings (SSSR count). The summed E-state index contributed by atoms with van der Waals surface area (Å²) in [6.07, 6.45) is 0. The topological polar surface area (TPSA) is 35.8 Å². The van der Waals surface area contributed by atoms with E-state index in [4.69, 9.17) is 5.26 Å². The first-order valence-electron chi connectivity index (χ1n) is 5.63. The van der Waals surface area contributed by atoms with Gasteiger partial charge in [0.1, 0.15) is 5.54 Å². The summed E-state index contributed by atoms with van der Waals surface area (Å²) in [5.74, 6) is -1.26. The Labute approximate surface area is 110 Å². The zero-order valence-electron chi connectivity index (χ0n) is 10.6. The first-order valence-corrected chi connectivity index (χ1v) is 6.61. The normalized spacial score (nSPS) is 14.3. The van der Waals surface area contributed by atoms with Crippen LogP contribution in [0.3, 0.4) is 0 Å². The van der Waals surface area contributed by atoms with Crippen LogP contribution < -0.4 is 5.32 Å². The van der Waals surface area contributed by atoms with Gasteiger partial charge in [0.25, 0.3) is 0 Å². The minimum atomic E-state index is -0.865. The molecule has 0 saturated heterocycles. The zero-order valence-corrected chi connectivity index (χ0v) is 11.4. The molecule has 1 aromatic carbocycles. The van der Waals surface area contributed by atoms with E-state index in [-0.39, 0.29) is 6.04 Å². The lowest BCUT2D eigenvalue weighted by molar-refractivity contribution is 0.443. The first-order chi connectivity index (χ1) is 8.36. The van der Waals surface area contributed by atoms with Crippen LogP contribution >= 0.6 is 11.8 Å². The van der Waals surface area contributed by atoms with Gasteiger partial charge < -0.3 is 0 Å². The van der Waals surface area contributed by atoms with Crippen molar-refractivity contribution in [2.75, 3.05) is 5.75 Å². The molecule has 0 saturated carbocycles. The van der Waals surface area contributed by atoms with Crippen molar-refractivity contribution < 1.29 is 8.78 Å². The van der Waals surface area contributed by atoms with Crippen molar-refractivity contribution in [1.82, 2.24) is 5.32 Å². The second-order valence-electron chi connectivity index (χ2n) is 4.61. The molecule has 1 atom stereocenters. The van der Waals surface area contributed by atoms with Crippen LogP contribution in [0.25, 0.3) is 0 Å². The summed E-state index contributed by atoms with van der Waals surface area (Å²) >= 11 is 1.33. The van der Waals surface area contributed by atoms with Gasteiger partial charge in [-0.15, -0.1) is 11.8 Å². The number of halogens is 2. The van der Waals surface area contributed by atoms with Gasteiger partial charge >= 0.3 is 0 Å². The lowest BCUT2D eigenvalue weighted by Crippen LogP contribution is -2.47. The van der Waals surface area contributed by atoms with Crippen molar-refractivity contribution in [2.24, 2.45) is 0 Å². The van der Waals surface area contributed by atoms with Crippen molar-refractivity contribution in [2.45, 2.75) is 37.2 Å². The summed E-state index contributed by atoms with van der Waals surface area (Å²) in [7, 11) is 0. The average Bonchev–Trinajstić information content (AvgIpc) is 2.30. The van der Waals surface area contributed by atoms with Gasteiger partial charge in [-0.2, -0.15) is 5.26 Å². The second kappa shape index (κ2) is 6.17. The van der Waals surface area contributed by atoms with Gasteiger partial charge in [-0.05, 0) is 39.0 Å². The predicted molar refractivity (Wildman–Crippen MR) is 69.4 cm³/mol. The molecule has 18 heavy (non-hydrogen) atoms. The van der Waals surface area contributed by atoms with Crippen molar-refractivity contribution in [3.05, 3.63) is 29.8 Å². The molecule has 0 aliphatic rings. The number of nitrogens with zero attached hydrogens (tertiary/aromatic N) is 1. The van der Waals surface area contributed by atoms with Crippen LogP contribution in [0.1, 0.15) is 20.8 Å². The Balaban J connectivity index is 2.68. The highest BCUT2D eigenvalue weighted by Crippen LogP contribution is 2.24. The van der Waals surface area contributed by atoms with Crippen molar-refractivity contribution in [1.29, 1.82) is 5.26 Å². The highest BCUT2D eigenvalue weighted by atomic mass is 32.2. The average molecular weight is 270 g/mol. The van der Waals surface area contributed by atoms with E-state index in [2.05, 4.69) is 11.4 Å². The molecule has 0 aliphatic carbocycles. The van der Waals surface area contributed by atoms with Gasteiger partial charge in [0.15, 0.2) is 11.6 Å². The molecule has 0 aliphatic heterocycles. The highest BCUT2D eigenvalue weighted by Gasteiger charge is 2.24. The monoisotopic (exact) mass is 270 g/mol. The zero-order chi connectivity index (χ0) is 13.8. The summed E-state index contributed by atoms with van der Waals surface area (Å²) in [5.41, 5.74) is -0.691. The predicted octanol–water partition coefficient (Wildman–Crippen LogP) is 3.34. The number of hydrogen-bond donors (Lipinski definition) is 1. The van der Waals surface area contributed by atoms with E-state index in [1.54, 1.807) is 6.92 Å². The van der Waals surface area contributed by atoms with Crippen LogP contribution in [0.15, 0.2) is 23.1 Å². The number of rotatable bonds is 5. The van der Waals surface area contributed by atoms with Gasteiger partial charge in [0.05, 0.1) is 6.07 Å². The summed E-state index contributed by atoms with van der Waals surface area (Å²) < 4.78 is 25.8. The SMILES string of the molecule is CC(C)NC(C)(C#N)CSc1ccc(F)c(F)c1. The number of thioether (sulfide) groups is 1. The molecule has 1 aromatic rings. The van der Waals surface area contributed by atoms with Crippen LogP contribution in [-0.2, 0) is 0 Å². The molecule has 5 heteroatoms. The molecule has 0 spiro atoms. The molecule has 2 nitrogen and oxygen atoms in total. The Kier molecular flexibility index (Phi) is 5.12. The smallest absolute Gasteiger partial charge is 0.159 e. The van der Waals surface area contributed by atoms with Crippen molar-refractivity contribution in [3.63, 3.8) is 0 Å². The molecular weight excluding hydrogens is 254 g/mol. The maximum Gasteiger partial charge on any atom is 0.159 e. The highest BCUT2D eigenvalue weighted by molar-refractivity contribution is 7.99. The Morgan fingerprint density at radius 1 is 1.39 bits per heavy atom. The fourth-order valence-electron chi connectivity index (χ4n) is 1.54. The number of nitrogens with one attached hydrogen (secondary N) is 1. The molecule has 0 amide bonds. The second-order valence-corrected chi connectivity index (χ2v) is 5.66. The quantitative estimate of drug-likeness (QED) is 0.834. The van der Waals surface area contributed by atoms with E-state index in [9.17, 15) is 8.78 Å². The maximum absolute atomic E-state index is 13.0. The van der Waals surface area contributed by atoms with Gasteiger partial charge in [-0.3, -0.25) is 5.32 Å². The molecule has 1 N–H and O–H groups in total. The summed E-state index contributed by atoms with van der Waals surface area (Å²) in [4.78, 5) is 0.612. The first kappa shape index (κ1) is 14.9. The van der Waals surface area contributed by atoms with Crippen LogP contribution in [0.4, 0.5) is 8.78 Å². The Morgan fingerprint density at radius 2 is 2.06 bits per heavy atom. The summed E-state index contributed by atoms with van der Waals surface area (Å²) in [6, 6.07) is 6.14. The van der Waals surface area contributed by atoms with E-state index in [1.165, 1.54) is 17.8 Å². The van der Waals surface area contributed by atoms with Crippen molar-refractivity contribution in [3.8, 4) is 6.07 Å². The molecule has 1 unspecified atom stereocenters. The van der Waals surface area contributed by atoms with Crippen molar-refractivity contribution >= 4 is 11.8 Å². The number of hydrogen-bond acceptors (Lipinski definition) is 3. The molecule has 0 heterocycles. The molecule has 0 bridgehead atoms. The van der Waals surface area contributed by atoms with Crippen LogP contribution in [-0.4, -0.2) is 17.3 Å². The van der Waals surface area contributed by atoms with E-state index in [0.717, 1.165) is 12.1 Å². The molecular formula is C13H16F2N2S. The molecule has 0 fully saturated rings. The minimum absolute atomic E-state index is 0.181. The Bertz CT molecular complexity index is 457. The largest absolute Gasteiger partial charge is 0.297 e. The summed E-state index contributed by atoms with van der Waals surface area (Å²) in [5, 5.41) is 12.3. The van der Waals surface area contributed by atoms with Gasteiger partial charge in [-0.25, -0.2) is 8.78 Å². The van der Waals surface area contributed by atoms with Gasteiger partial charge in [0, 0.05) is 16.7 Å². The third-order valence-electron chi connectivity index (χ3n) is 2.27. The minimum Gasteiger partial charge on any atom is -0.297 e. The van der Waals surface area contributed by atoms with E-state index < -0.39 is 17.2 Å². The van der Waals surface area contributed by atoms with Gasteiger partial charge in [0.2, 0.25) is 0 Å². The van der Waals surface area contributed by atoms with E-state index in [1.807, 2.05) is 13.8 Å². The van der Waals surface area contributed by atoms with E-state index >= 15 is 0 Å². The van der Waals surface area contributed by atoms with Crippen LogP contribution in [0.2, 0.25) is 0 Å². The third-order valence-corrected chi connectivity index (χ3v) is 3.58. The fraction of sp³-hybridized carbons (Fsp3) is 0.462. The van der Waals surface area contributed by atoms with Crippen LogP contribution in [0.5, 0.6) is 0 Å². The maximum atomic E-state index is 13.0. The lowest BCUT2D eigenvalue weighted by Gasteiger charge is -2.25. The number of nitriles is 1. The number of benzene rings is 1. The van der Waals surface area contributed by atoms with E-state index in [0.29, 0.717) is 10.6 Å². The fourth-order valence-corrected chi connectivity index (χ4v) is 2.49. The molecule has 0 aromatic heterocycles. The third kappa shape index (κ3) is 4.28. The lowest BCUT2D eigenvalue weighted by atomic mass is 10.1. The summed E-state index contributed by atoms with van der Waals surface area (Å²) in [6.45, 7) is 5.70. The van der Waals surface area contributed by atoms with Crippen LogP contribution in [0, 0.1) is 23.0 Å².